The minimum atomic E-state index is -0.795. The van der Waals surface area contributed by atoms with Crippen LogP contribution < -0.4 is 5.73 Å². The summed E-state index contributed by atoms with van der Waals surface area (Å²) in [6.07, 6.45) is 1.57. The van der Waals surface area contributed by atoms with Crippen LogP contribution >= 0.6 is 0 Å². The number of nitrogens with zero attached hydrogens (tertiary/aromatic N) is 1. The van der Waals surface area contributed by atoms with Gasteiger partial charge in [-0.25, -0.2) is 9.59 Å². The van der Waals surface area contributed by atoms with E-state index in [-0.39, 0.29) is 23.4 Å². The number of nitrogens with two attached hydrogens (primary N) is 1. The molecule has 0 aliphatic heterocycles. The van der Waals surface area contributed by atoms with Gasteiger partial charge in [-0.2, -0.15) is 0 Å². The summed E-state index contributed by atoms with van der Waals surface area (Å²) in [5, 5.41) is 0. The van der Waals surface area contributed by atoms with Crippen molar-refractivity contribution in [3.63, 3.8) is 0 Å². The topological polar surface area (TPSA) is 100 Å². The number of hydrogen-bond donors (Lipinski definition) is 1. The summed E-state index contributed by atoms with van der Waals surface area (Å²) >= 11 is 0. The Hall–Kier alpha value is -2.67. The highest BCUT2D eigenvalue weighted by molar-refractivity contribution is 6.16. The van der Waals surface area contributed by atoms with Crippen molar-refractivity contribution in [2.75, 3.05) is 20.8 Å². The van der Waals surface area contributed by atoms with Crippen molar-refractivity contribution in [1.82, 2.24) is 4.40 Å². The fourth-order valence-corrected chi connectivity index (χ4v) is 2.19. The lowest BCUT2D eigenvalue weighted by atomic mass is 10.1. The van der Waals surface area contributed by atoms with Crippen LogP contribution in [-0.2, 0) is 9.47 Å². The van der Waals surface area contributed by atoms with Crippen LogP contribution in [0, 0.1) is 0 Å². The molecule has 2 heterocycles. The number of aromatic nitrogens is 1. The van der Waals surface area contributed by atoms with Gasteiger partial charge in [-0.15, -0.1) is 0 Å². The number of ether oxygens (including phenoxy) is 2. The van der Waals surface area contributed by atoms with E-state index in [9.17, 15) is 14.4 Å². The second-order valence-electron chi connectivity index (χ2n) is 4.16. The summed E-state index contributed by atoms with van der Waals surface area (Å²) in [6.45, 7) is -0.300. The van der Waals surface area contributed by atoms with Crippen LogP contribution in [-0.4, -0.2) is 42.9 Å². The molecule has 2 aromatic heterocycles. The van der Waals surface area contributed by atoms with E-state index in [2.05, 4.69) is 4.74 Å². The van der Waals surface area contributed by atoms with Gasteiger partial charge in [-0.05, 0) is 12.1 Å². The maximum absolute atomic E-state index is 12.1. The van der Waals surface area contributed by atoms with Crippen LogP contribution in [0.1, 0.15) is 31.2 Å². The van der Waals surface area contributed by atoms with Gasteiger partial charge in [0.2, 0.25) is 0 Å². The molecule has 0 saturated heterocycles. The Morgan fingerprint density at radius 2 is 1.71 bits per heavy atom. The average molecular weight is 290 g/mol. The third-order valence-corrected chi connectivity index (χ3v) is 3.07. The molecular formula is C14H14N2O5. The van der Waals surface area contributed by atoms with Gasteiger partial charge in [0.05, 0.1) is 26.3 Å². The third kappa shape index (κ3) is 2.27. The Bertz CT molecular complexity index is 679. The van der Waals surface area contributed by atoms with E-state index < -0.39 is 17.7 Å². The summed E-state index contributed by atoms with van der Waals surface area (Å²) in [6, 6.07) is 4.95. The number of pyridine rings is 1. The molecule has 0 aliphatic rings. The van der Waals surface area contributed by atoms with Crippen LogP contribution in [0.3, 0.4) is 0 Å². The van der Waals surface area contributed by atoms with E-state index >= 15 is 0 Å². The number of carbonyl (C=O) groups excluding carboxylic acids is 3. The van der Waals surface area contributed by atoms with Gasteiger partial charge in [0, 0.05) is 6.20 Å². The summed E-state index contributed by atoms with van der Waals surface area (Å²) in [4.78, 5) is 36.1. The summed E-state index contributed by atoms with van der Waals surface area (Å²) in [7, 11) is 2.36. The highest BCUT2D eigenvalue weighted by Crippen LogP contribution is 2.26. The van der Waals surface area contributed by atoms with Crippen LogP contribution in [0.5, 0.6) is 0 Å². The summed E-state index contributed by atoms with van der Waals surface area (Å²) in [5.74, 6) is -2.00. The van der Waals surface area contributed by atoms with Gasteiger partial charge in [0.15, 0.2) is 5.78 Å². The number of esters is 2. The molecule has 2 aromatic rings. The number of hydrogen-bond acceptors (Lipinski definition) is 6. The molecule has 0 fully saturated rings. The Morgan fingerprint density at radius 1 is 1.10 bits per heavy atom. The standard InChI is InChI=1S/C14H14N2O5/c1-20-13(18)10-8-5-3-4-6-16(8)12(9(17)7-15)11(10)14(19)21-2/h3-6H,7,15H2,1-2H3. The number of carbonyl (C=O) groups is 3. The molecule has 0 radical (unpaired) electrons. The van der Waals surface area contributed by atoms with E-state index in [0.717, 1.165) is 0 Å². The van der Waals surface area contributed by atoms with Crippen LogP contribution in [0.15, 0.2) is 24.4 Å². The van der Waals surface area contributed by atoms with Gasteiger partial charge in [0.25, 0.3) is 0 Å². The molecule has 0 aliphatic carbocycles. The summed E-state index contributed by atoms with van der Waals surface area (Å²) in [5.41, 5.74) is 5.64. The normalized spacial score (nSPS) is 10.4. The fourth-order valence-electron chi connectivity index (χ4n) is 2.19. The lowest BCUT2D eigenvalue weighted by Gasteiger charge is -2.03. The van der Waals surface area contributed by atoms with Gasteiger partial charge < -0.3 is 19.6 Å². The molecule has 0 aromatic carbocycles. The van der Waals surface area contributed by atoms with Crippen molar-refractivity contribution in [2.24, 2.45) is 5.73 Å². The molecule has 0 bridgehead atoms. The maximum atomic E-state index is 12.1. The van der Waals surface area contributed by atoms with Crippen LogP contribution in [0.4, 0.5) is 0 Å². The molecule has 0 saturated carbocycles. The quantitative estimate of drug-likeness (QED) is 0.655. The van der Waals surface area contributed by atoms with Crippen molar-refractivity contribution in [3.05, 3.63) is 41.2 Å². The molecule has 7 heteroatoms. The van der Waals surface area contributed by atoms with Gasteiger partial charge >= 0.3 is 11.9 Å². The van der Waals surface area contributed by atoms with Crippen molar-refractivity contribution in [2.45, 2.75) is 0 Å². The van der Waals surface area contributed by atoms with Crippen molar-refractivity contribution < 1.29 is 23.9 Å². The number of ketones is 1. The zero-order chi connectivity index (χ0) is 15.6. The zero-order valence-corrected chi connectivity index (χ0v) is 11.6. The Labute approximate surface area is 120 Å². The minimum Gasteiger partial charge on any atom is -0.465 e. The second kappa shape index (κ2) is 5.76. The molecule has 0 amide bonds. The van der Waals surface area contributed by atoms with Gasteiger partial charge in [0.1, 0.15) is 16.8 Å². The van der Waals surface area contributed by atoms with E-state index in [4.69, 9.17) is 10.5 Å². The molecule has 0 atom stereocenters. The minimum absolute atomic E-state index is 0.0123. The lowest BCUT2D eigenvalue weighted by molar-refractivity contribution is 0.0556. The molecule has 2 N–H and O–H groups in total. The Kier molecular flexibility index (Phi) is 4.04. The third-order valence-electron chi connectivity index (χ3n) is 3.07. The molecule has 21 heavy (non-hydrogen) atoms. The highest BCUT2D eigenvalue weighted by atomic mass is 16.5. The SMILES string of the molecule is COC(=O)c1c(C(=O)OC)c2ccccn2c1C(=O)CN. The maximum Gasteiger partial charge on any atom is 0.341 e. The molecule has 110 valence electrons. The number of methoxy groups -OCH3 is 2. The van der Waals surface area contributed by atoms with E-state index in [1.807, 2.05) is 0 Å². The second-order valence-corrected chi connectivity index (χ2v) is 4.16. The Balaban J connectivity index is 2.95. The first-order valence-corrected chi connectivity index (χ1v) is 6.09. The number of Topliss-reactive ketones (excluding diaryl/α,β-unsaturated/α-hetero) is 1. The first-order valence-electron chi connectivity index (χ1n) is 6.09. The molecule has 7 nitrogen and oxygen atoms in total. The molecule has 2 rings (SSSR count). The van der Waals surface area contributed by atoms with Crippen molar-refractivity contribution in [3.8, 4) is 0 Å². The lowest BCUT2D eigenvalue weighted by Crippen LogP contribution is -2.20. The summed E-state index contributed by atoms with van der Waals surface area (Å²) < 4.78 is 10.8. The predicted octanol–water partition coefficient (Wildman–Crippen LogP) is 0.654. The number of fused-ring (bicyclic) bond motifs is 1. The number of rotatable bonds is 4. The molecule has 0 unspecified atom stereocenters. The van der Waals surface area contributed by atoms with Gasteiger partial charge in [-0.1, -0.05) is 6.07 Å². The first kappa shape index (κ1) is 14.7. The highest BCUT2D eigenvalue weighted by Gasteiger charge is 2.31. The smallest absolute Gasteiger partial charge is 0.341 e. The van der Waals surface area contributed by atoms with Crippen LogP contribution in [0.25, 0.3) is 5.52 Å². The van der Waals surface area contributed by atoms with E-state index in [1.165, 1.54) is 18.6 Å². The van der Waals surface area contributed by atoms with Crippen molar-refractivity contribution >= 4 is 23.2 Å². The fraction of sp³-hybridized carbons (Fsp3) is 0.214. The molecular weight excluding hydrogens is 276 g/mol. The predicted molar refractivity (Wildman–Crippen MR) is 73.5 cm³/mol. The zero-order valence-electron chi connectivity index (χ0n) is 11.6. The first-order chi connectivity index (χ1) is 10.1. The average Bonchev–Trinajstić information content (AvgIpc) is 2.87. The van der Waals surface area contributed by atoms with E-state index in [0.29, 0.717) is 5.52 Å². The van der Waals surface area contributed by atoms with Crippen molar-refractivity contribution in [1.29, 1.82) is 0 Å². The molecule has 0 spiro atoms. The van der Waals surface area contributed by atoms with E-state index in [1.54, 1.807) is 24.4 Å². The Morgan fingerprint density at radius 3 is 2.29 bits per heavy atom. The largest absolute Gasteiger partial charge is 0.465 e. The monoisotopic (exact) mass is 290 g/mol. The van der Waals surface area contributed by atoms with Gasteiger partial charge in [-0.3, -0.25) is 4.79 Å². The van der Waals surface area contributed by atoms with Crippen LogP contribution in [0.2, 0.25) is 0 Å².